The summed E-state index contributed by atoms with van der Waals surface area (Å²) in [6.45, 7) is 3.27. The molecule has 1 aliphatic heterocycles. The first-order chi connectivity index (χ1) is 20.2. The number of nitrogens with one attached hydrogen (secondary N) is 1. The van der Waals surface area contributed by atoms with Crippen molar-refractivity contribution in [3.8, 4) is 5.69 Å². The van der Waals surface area contributed by atoms with Gasteiger partial charge in [0.1, 0.15) is 0 Å². The number of aromatic amines is 1. The number of aromatic nitrogens is 2. The zero-order valence-electron chi connectivity index (χ0n) is 22.5. The quantitative estimate of drug-likeness (QED) is 0.137. The van der Waals surface area contributed by atoms with E-state index in [1.54, 1.807) is 13.8 Å². The molecule has 3 aromatic rings. The van der Waals surface area contributed by atoms with E-state index in [1.807, 2.05) is 0 Å². The Morgan fingerprint density at radius 1 is 0.907 bits per heavy atom. The van der Waals surface area contributed by atoms with Crippen LogP contribution in [0.1, 0.15) is 18.2 Å². The van der Waals surface area contributed by atoms with E-state index in [0.29, 0.717) is 16.9 Å². The third-order valence-corrected chi connectivity index (χ3v) is 7.72. The second-order valence-corrected chi connectivity index (χ2v) is 11.7. The molecule has 14 nitrogen and oxygen atoms in total. The molecule has 43 heavy (non-hydrogen) atoms. The summed E-state index contributed by atoms with van der Waals surface area (Å²) in [6, 6.07) is 9.67. The number of esters is 1. The molecule has 0 radical (unpaired) electrons. The smallest absolute Gasteiger partial charge is 0.359 e. The molecule has 0 atom stereocenters. The van der Waals surface area contributed by atoms with Crippen molar-refractivity contribution in [2.45, 2.75) is 23.6 Å². The lowest BCUT2D eigenvalue weighted by Crippen LogP contribution is -2.22. The molecule has 224 valence electrons. The second kappa shape index (κ2) is 12.1. The van der Waals surface area contributed by atoms with Crippen LogP contribution in [0.5, 0.6) is 0 Å². The number of benzene rings is 2. The van der Waals surface area contributed by atoms with Crippen molar-refractivity contribution >= 4 is 49.6 Å². The lowest BCUT2D eigenvalue weighted by molar-refractivity contribution is -0.135. The number of ether oxygens (including phenoxy) is 1. The van der Waals surface area contributed by atoms with Gasteiger partial charge in [0.05, 0.1) is 38.9 Å². The first kappa shape index (κ1) is 31.0. The zero-order chi connectivity index (χ0) is 31.5. The van der Waals surface area contributed by atoms with Gasteiger partial charge in [0.25, 0.3) is 31.7 Å². The van der Waals surface area contributed by atoms with Crippen LogP contribution in [-0.4, -0.2) is 59.9 Å². The predicted octanol–water partition coefficient (Wildman–Crippen LogP) is 2.43. The average Bonchev–Trinajstić information content (AvgIpc) is 3.43. The summed E-state index contributed by atoms with van der Waals surface area (Å²) in [5.74, 6) is -1.54. The number of allylic oxidation sites excluding steroid dienone is 4. The molecule has 16 heteroatoms. The van der Waals surface area contributed by atoms with E-state index in [0.717, 1.165) is 29.3 Å². The minimum absolute atomic E-state index is 0.0270. The molecule has 2 aromatic carbocycles. The highest BCUT2D eigenvalue weighted by Crippen LogP contribution is 2.25. The number of hydrazone groups is 1. The number of hydrogen-bond donors (Lipinski definition) is 3. The van der Waals surface area contributed by atoms with Crippen LogP contribution in [0.2, 0.25) is 0 Å². The normalized spacial score (nSPS) is 15.2. The van der Waals surface area contributed by atoms with Gasteiger partial charge in [0.15, 0.2) is 5.71 Å². The fourth-order valence-electron chi connectivity index (χ4n) is 3.92. The van der Waals surface area contributed by atoms with Crippen LogP contribution in [0, 0.1) is 6.92 Å². The van der Waals surface area contributed by atoms with Gasteiger partial charge in [0, 0.05) is 5.69 Å². The van der Waals surface area contributed by atoms with Gasteiger partial charge in [-0.05, 0) is 74.5 Å². The summed E-state index contributed by atoms with van der Waals surface area (Å²) in [5.41, 5.74) is 0.464. The third-order valence-electron chi connectivity index (χ3n) is 5.98. The number of hydrogen-bond acceptors (Lipinski definition) is 9. The molecule has 1 aliphatic rings. The van der Waals surface area contributed by atoms with E-state index >= 15 is 0 Å². The number of anilines is 1. The first-order valence-corrected chi connectivity index (χ1v) is 15.2. The largest absolute Gasteiger partial charge is 0.461 e. The van der Waals surface area contributed by atoms with Gasteiger partial charge < -0.3 is 4.74 Å². The number of H-pyrrole nitrogens is 1. The van der Waals surface area contributed by atoms with Gasteiger partial charge in [-0.3, -0.25) is 23.8 Å². The van der Waals surface area contributed by atoms with Crippen LogP contribution < -0.4 is 10.6 Å². The van der Waals surface area contributed by atoms with Crippen LogP contribution in [0.15, 0.2) is 98.1 Å². The van der Waals surface area contributed by atoms with Gasteiger partial charge in [-0.1, -0.05) is 18.2 Å². The van der Waals surface area contributed by atoms with E-state index in [9.17, 15) is 35.8 Å². The van der Waals surface area contributed by atoms with Crippen LogP contribution in [-0.2, 0) is 34.6 Å². The summed E-state index contributed by atoms with van der Waals surface area (Å²) >= 11 is 0. The van der Waals surface area contributed by atoms with Gasteiger partial charge >= 0.3 is 5.97 Å². The highest BCUT2D eigenvalue weighted by Gasteiger charge is 2.35. The minimum atomic E-state index is -4.45. The average molecular weight is 629 g/mol. The number of aryl methyl sites for hydroxylation is 1. The summed E-state index contributed by atoms with van der Waals surface area (Å²) in [4.78, 5) is 37.8. The lowest BCUT2D eigenvalue weighted by atomic mass is 10.1. The molecule has 0 bridgehead atoms. The van der Waals surface area contributed by atoms with Gasteiger partial charge in [0.2, 0.25) is 0 Å². The van der Waals surface area contributed by atoms with Crippen LogP contribution in [0.3, 0.4) is 0 Å². The monoisotopic (exact) mass is 628 g/mol. The maximum absolute atomic E-state index is 13.1. The summed E-state index contributed by atoms with van der Waals surface area (Å²) < 4.78 is 69.7. The molecule has 0 spiro atoms. The highest BCUT2D eigenvalue weighted by atomic mass is 32.2. The van der Waals surface area contributed by atoms with Crippen molar-refractivity contribution < 1.29 is 40.3 Å². The van der Waals surface area contributed by atoms with Crippen LogP contribution >= 0.6 is 0 Å². The number of nitrogens with zero attached hydrogens (tertiary/aromatic N) is 3. The fourth-order valence-corrected chi connectivity index (χ4v) is 4.88. The van der Waals surface area contributed by atoms with Crippen molar-refractivity contribution in [1.29, 1.82) is 0 Å². The Morgan fingerprint density at radius 3 is 2.00 bits per heavy atom. The Morgan fingerprint density at radius 2 is 1.47 bits per heavy atom. The Bertz CT molecular complexity index is 1980. The van der Waals surface area contributed by atoms with Crippen molar-refractivity contribution in [3.63, 3.8) is 0 Å². The Hall–Kier alpha value is -4.90. The van der Waals surface area contributed by atoms with Gasteiger partial charge in [-0.25, -0.2) is 9.48 Å². The molecule has 0 aliphatic carbocycles. The second-order valence-electron chi connectivity index (χ2n) is 8.84. The van der Waals surface area contributed by atoms with Crippen LogP contribution in [0.25, 0.3) is 11.8 Å². The summed E-state index contributed by atoms with van der Waals surface area (Å²) in [7, 11) is -8.84. The molecule has 3 N–H and O–H groups in total. The molecule has 0 saturated heterocycles. The maximum Gasteiger partial charge on any atom is 0.359 e. The standard InChI is InChI=1S/C27H24N4O10S2/c1-3-41-27(34)24-23(26(33)31(29-24)19-11-15-21(16-12-19)43(38,39)40)8-6-4-5-7-22-17(2)28-30(25(22)32)18-9-13-20(14-10-18)42(35,36)37/h4-16,28H,3H2,1-2H3,(H,35,36,37)(H,38,39,40)/b6-4+,7-5+,23-8+. The molecular weight excluding hydrogens is 604 g/mol. The van der Waals surface area contributed by atoms with E-state index < -0.39 is 37.7 Å². The van der Waals surface area contributed by atoms with Gasteiger partial charge in [-0.2, -0.15) is 26.9 Å². The Labute approximate surface area is 245 Å². The fraction of sp³-hybridized carbons (Fsp3) is 0.111. The van der Waals surface area contributed by atoms with Crippen molar-refractivity contribution in [3.05, 3.63) is 100 Å². The van der Waals surface area contributed by atoms with Crippen molar-refractivity contribution in [2.75, 3.05) is 11.6 Å². The van der Waals surface area contributed by atoms with Crippen LogP contribution in [0.4, 0.5) is 5.69 Å². The SMILES string of the molecule is CCOC(=O)C1=NN(c2ccc(S(=O)(=O)O)cc2)C(=O)/C1=C/C=C/C=C/c1c(C)[nH]n(-c2ccc(S(=O)(=O)O)cc2)c1=O. The topological polar surface area (TPSA) is 205 Å². The molecule has 0 fully saturated rings. The molecule has 1 aromatic heterocycles. The molecule has 4 rings (SSSR count). The van der Waals surface area contributed by atoms with E-state index in [1.165, 1.54) is 59.3 Å². The molecular formula is C27H24N4O10S2. The summed E-state index contributed by atoms with van der Waals surface area (Å²) in [6.07, 6.45) is 7.30. The molecule has 1 amide bonds. The number of rotatable bonds is 9. The molecule has 2 heterocycles. The van der Waals surface area contributed by atoms with E-state index in [-0.39, 0.29) is 33.4 Å². The lowest BCUT2D eigenvalue weighted by Gasteiger charge is -2.11. The van der Waals surface area contributed by atoms with Gasteiger partial charge in [-0.15, -0.1) is 0 Å². The predicted molar refractivity (Wildman–Crippen MR) is 155 cm³/mol. The minimum Gasteiger partial charge on any atom is -0.461 e. The number of amides is 1. The van der Waals surface area contributed by atoms with E-state index in [2.05, 4.69) is 10.2 Å². The number of carbonyl (C=O) groups excluding carboxylic acids is 2. The Kier molecular flexibility index (Phi) is 8.77. The zero-order valence-corrected chi connectivity index (χ0v) is 24.2. The van der Waals surface area contributed by atoms with E-state index in [4.69, 9.17) is 9.29 Å². The summed E-state index contributed by atoms with van der Waals surface area (Å²) in [5, 5.41) is 7.82. The molecule has 0 saturated carbocycles. The molecule has 0 unspecified atom stereocenters. The first-order valence-electron chi connectivity index (χ1n) is 12.3. The third kappa shape index (κ3) is 6.78. The maximum atomic E-state index is 13.1. The van der Waals surface area contributed by atoms with Crippen molar-refractivity contribution in [1.82, 2.24) is 9.78 Å². The number of carbonyl (C=O) groups is 2. The Balaban J connectivity index is 1.57. The highest BCUT2D eigenvalue weighted by molar-refractivity contribution is 7.86. The van der Waals surface area contributed by atoms with Crippen molar-refractivity contribution in [2.24, 2.45) is 5.10 Å².